The molecule has 0 aliphatic heterocycles. The minimum absolute atomic E-state index is 0.177. The summed E-state index contributed by atoms with van der Waals surface area (Å²) < 4.78 is 30.4. The SMILES string of the molecule is CCn1nc(C)c(S(=O)(=O)NC2(C#N)CCC(C(C)(C)C)CC2)c1C. The monoisotopic (exact) mass is 366 g/mol. The van der Waals surface area contributed by atoms with Gasteiger partial charge in [0.25, 0.3) is 0 Å². The van der Waals surface area contributed by atoms with Crippen LogP contribution in [0.5, 0.6) is 0 Å². The molecule has 0 bridgehead atoms. The molecule has 0 atom stereocenters. The van der Waals surface area contributed by atoms with E-state index in [4.69, 9.17) is 0 Å². The maximum Gasteiger partial charge on any atom is 0.245 e. The van der Waals surface area contributed by atoms with Crippen molar-refractivity contribution >= 4 is 10.0 Å². The number of aryl methyl sites for hydroxylation is 2. The van der Waals surface area contributed by atoms with Gasteiger partial charge in [0.05, 0.1) is 17.5 Å². The van der Waals surface area contributed by atoms with E-state index in [2.05, 4.69) is 36.7 Å². The molecule has 2 rings (SSSR count). The molecule has 6 nitrogen and oxygen atoms in total. The number of sulfonamides is 1. The fourth-order valence-electron chi connectivity index (χ4n) is 3.90. The first-order valence-corrected chi connectivity index (χ1v) is 10.4. The Labute approximate surface area is 151 Å². The molecule has 0 saturated heterocycles. The normalized spacial score (nSPS) is 24.9. The first-order chi connectivity index (χ1) is 11.5. The summed E-state index contributed by atoms with van der Waals surface area (Å²) in [5.74, 6) is 0.504. The van der Waals surface area contributed by atoms with E-state index >= 15 is 0 Å². The van der Waals surface area contributed by atoms with Crippen molar-refractivity contribution in [2.75, 3.05) is 0 Å². The lowest BCUT2D eigenvalue weighted by Crippen LogP contribution is -2.50. The summed E-state index contributed by atoms with van der Waals surface area (Å²) in [6, 6.07) is 2.26. The third-order valence-corrected chi connectivity index (χ3v) is 7.28. The minimum Gasteiger partial charge on any atom is -0.268 e. The summed E-state index contributed by atoms with van der Waals surface area (Å²) in [5.41, 5.74) is 0.247. The van der Waals surface area contributed by atoms with Crippen LogP contribution in [0.3, 0.4) is 0 Å². The van der Waals surface area contributed by atoms with Crippen molar-refractivity contribution in [3.05, 3.63) is 11.4 Å². The van der Waals surface area contributed by atoms with Crippen LogP contribution in [-0.4, -0.2) is 23.7 Å². The molecule has 1 fully saturated rings. The van der Waals surface area contributed by atoms with Crippen LogP contribution in [0.1, 0.15) is 64.8 Å². The van der Waals surface area contributed by atoms with E-state index in [1.54, 1.807) is 18.5 Å². The molecular formula is C18H30N4O2S. The van der Waals surface area contributed by atoms with Gasteiger partial charge in [0.2, 0.25) is 10.0 Å². The Kier molecular flexibility index (Phi) is 5.36. The van der Waals surface area contributed by atoms with Crippen LogP contribution in [0, 0.1) is 36.5 Å². The molecule has 1 aromatic rings. The van der Waals surface area contributed by atoms with Crippen molar-refractivity contribution in [3.8, 4) is 6.07 Å². The molecule has 1 aliphatic rings. The Morgan fingerprint density at radius 2 is 1.88 bits per heavy atom. The van der Waals surface area contributed by atoms with Crippen molar-refractivity contribution < 1.29 is 8.42 Å². The van der Waals surface area contributed by atoms with Crippen LogP contribution >= 0.6 is 0 Å². The van der Waals surface area contributed by atoms with Crippen molar-refractivity contribution in [3.63, 3.8) is 0 Å². The van der Waals surface area contributed by atoms with E-state index in [0.29, 0.717) is 36.7 Å². The number of hydrogen-bond acceptors (Lipinski definition) is 4. The van der Waals surface area contributed by atoms with E-state index in [1.165, 1.54) is 0 Å². The molecular weight excluding hydrogens is 336 g/mol. The minimum atomic E-state index is -3.79. The van der Waals surface area contributed by atoms with E-state index < -0.39 is 15.6 Å². The topological polar surface area (TPSA) is 87.8 Å². The lowest BCUT2D eigenvalue weighted by Gasteiger charge is -2.40. The molecule has 1 aromatic heterocycles. The van der Waals surface area contributed by atoms with Gasteiger partial charge in [-0.05, 0) is 57.8 Å². The lowest BCUT2D eigenvalue weighted by atomic mass is 9.68. The third-order valence-electron chi connectivity index (χ3n) is 5.49. The number of nitrogens with one attached hydrogen (secondary N) is 1. The zero-order valence-electron chi connectivity index (χ0n) is 16.2. The molecule has 0 spiro atoms. The van der Waals surface area contributed by atoms with E-state index in [1.807, 2.05) is 6.92 Å². The van der Waals surface area contributed by atoms with Crippen LogP contribution in [0.4, 0.5) is 0 Å². The summed E-state index contributed by atoms with van der Waals surface area (Å²) in [7, 11) is -3.79. The molecule has 7 heteroatoms. The quantitative estimate of drug-likeness (QED) is 0.885. The predicted octanol–water partition coefficient (Wildman–Crippen LogP) is 3.30. The predicted molar refractivity (Wildman–Crippen MR) is 97.5 cm³/mol. The molecule has 140 valence electrons. The number of rotatable bonds is 4. The summed E-state index contributed by atoms with van der Waals surface area (Å²) in [6.07, 6.45) is 2.80. The van der Waals surface area contributed by atoms with Gasteiger partial charge in [-0.25, -0.2) is 8.42 Å². The fraction of sp³-hybridized carbons (Fsp3) is 0.778. The summed E-state index contributed by atoms with van der Waals surface area (Å²) >= 11 is 0. The van der Waals surface area contributed by atoms with Gasteiger partial charge in [-0.3, -0.25) is 4.68 Å². The average molecular weight is 367 g/mol. The van der Waals surface area contributed by atoms with E-state index in [-0.39, 0.29) is 10.3 Å². The largest absolute Gasteiger partial charge is 0.268 e. The molecule has 0 aromatic carbocycles. The molecule has 1 aliphatic carbocycles. The van der Waals surface area contributed by atoms with Crippen molar-refractivity contribution in [1.29, 1.82) is 5.26 Å². The Morgan fingerprint density at radius 1 is 1.32 bits per heavy atom. The Morgan fingerprint density at radius 3 is 2.28 bits per heavy atom. The zero-order chi connectivity index (χ0) is 19.0. The van der Waals surface area contributed by atoms with Crippen LogP contribution < -0.4 is 4.72 Å². The smallest absolute Gasteiger partial charge is 0.245 e. The van der Waals surface area contributed by atoms with Gasteiger partial charge in [-0.2, -0.15) is 15.1 Å². The Hall–Kier alpha value is -1.39. The van der Waals surface area contributed by atoms with Crippen molar-refractivity contribution in [1.82, 2.24) is 14.5 Å². The van der Waals surface area contributed by atoms with E-state index in [0.717, 1.165) is 12.8 Å². The first kappa shape index (κ1) is 19.9. The van der Waals surface area contributed by atoms with Crippen LogP contribution in [0.15, 0.2) is 4.90 Å². The van der Waals surface area contributed by atoms with E-state index in [9.17, 15) is 13.7 Å². The number of nitriles is 1. The van der Waals surface area contributed by atoms with Crippen molar-refractivity contribution in [2.45, 2.75) is 84.2 Å². The van der Waals surface area contributed by atoms with Crippen LogP contribution in [-0.2, 0) is 16.6 Å². The molecule has 25 heavy (non-hydrogen) atoms. The van der Waals surface area contributed by atoms with Crippen LogP contribution in [0.2, 0.25) is 0 Å². The third kappa shape index (κ3) is 3.90. The summed E-state index contributed by atoms with van der Waals surface area (Å²) in [4.78, 5) is 0.210. The first-order valence-electron chi connectivity index (χ1n) is 8.95. The molecule has 1 heterocycles. The highest BCUT2D eigenvalue weighted by atomic mass is 32.2. The highest BCUT2D eigenvalue weighted by molar-refractivity contribution is 7.89. The number of aromatic nitrogens is 2. The maximum atomic E-state index is 13.0. The standard InChI is InChI=1S/C18H30N4O2S/c1-7-22-14(3)16(13(2)20-22)25(23,24)21-18(12-19)10-8-15(9-11-18)17(4,5)6/h15,21H,7-11H2,1-6H3. The van der Waals surface area contributed by atoms with Gasteiger partial charge in [0.15, 0.2) is 0 Å². The summed E-state index contributed by atoms with van der Waals surface area (Å²) in [6.45, 7) is 12.6. The Bertz CT molecular complexity index is 773. The highest BCUT2D eigenvalue weighted by Gasteiger charge is 2.42. The van der Waals surface area contributed by atoms with Gasteiger partial charge in [-0.15, -0.1) is 0 Å². The maximum absolute atomic E-state index is 13.0. The molecule has 1 saturated carbocycles. The second kappa shape index (κ2) is 6.73. The molecule has 0 amide bonds. The fourth-order valence-corrected chi connectivity index (χ4v) is 5.69. The molecule has 0 radical (unpaired) electrons. The second-order valence-electron chi connectivity index (χ2n) is 8.26. The second-order valence-corrected chi connectivity index (χ2v) is 9.87. The van der Waals surface area contributed by atoms with Gasteiger partial charge >= 0.3 is 0 Å². The number of nitrogens with zero attached hydrogens (tertiary/aromatic N) is 3. The zero-order valence-corrected chi connectivity index (χ0v) is 17.0. The van der Waals surface area contributed by atoms with Gasteiger partial charge in [-0.1, -0.05) is 20.8 Å². The van der Waals surface area contributed by atoms with Gasteiger partial charge in [0.1, 0.15) is 10.4 Å². The number of hydrogen-bond donors (Lipinski definition) is 1. The Balaban J connectivity index is 2.28. The van der Waals surface area contributed by atoms with Gasteiger partial charge < -0.3 is 0 Å². The summed E-state index contributed by atoms with van der Waals surface area (Å²) in [5, 5.41) is 14.0. The van der Waals surface area contributed by atoms with Gasteiger partial charge in [0, 0.05) is 6.54 Å². The highest BCUT2D eigenvalue weighted by Crippen LogP contribution is 2.41. The molecule has 0 unspecified atom stereocenters. The lowest BCUT2D eigenvalue weighted by molar-refractivity contribution is 0.147. The van der Waals surface area contributed by atoms with Crippen LogP contribution in [0.25, 0.3) is 0 Å². The average Bonchev–Trinajstić information content (AvgIpc) is 2.81. The molecule has 1 N–H and O–H groups in total. The van der Waals surface area contributed by atoms with Crippen molar-refractivity contribution in [2.24, 2.45) is 11.3 Å².